The Morgan fingerprint density at radius 2 is 2.04 bits per heavy atom. The number of rotatable bonds is 3. The first-order valence-electron chi connectivity index (χ1n) is 7.76. The Balaban J connectivity index is 1.71. The number of aryl methyl sites for hydroxylation is 1. The molecule has 6 heteroatoms. The molecule has 0 aromatic heterocycles. The van der Waals surface area contributed by atoms with E-state index < -0.39 is 11.6 Å². The number of hydrogen-bond acceptors (Lipinski definition) is 2. The van der Waals surface area contributed by atoms with Crippen molar-refractivity contribution < 1.29 is 13.5 Å². The van der Waals surface area contributed by atoms with Crippen LogP contribution >= 0.6 is 12.2 Å². The molecule has 0 fully saturated rings. The van der Waals surface area contributed by atoms with Gasteiger partial charge in [0.05, 0.1) is 18.8 Å². The van der Waals surface area contributed by atoms with Crippen LogP contribution in [0.4, 0.5) is 14.5 Å². The van der Waals surface area contributed by atoms with Crippen LogP contribution in [0.1, 0.15) is 30.0 Å². The molecule has 3 nitrogen and oxygen atoms in total. The van der Waals surface area contributed by atoms with Crippen LogP contribution in [0.3, 0.4) is 0 Å². The van der Waals surface area contributed by atoms with E-state index >= 15 is 0 Å². The Bertz CT molecular complexity index is 767. The quantitative estimate of drug-likeness (QED) is 0.809. The van der Waals surface area contributed by atoms with Gasteiger partial charge in [0.15, 0.2) is 5.11 Å². The highest BCUT2D eigenvalue weighted by atomic mass is 32.1. The Labute approximate surface area is 145 Å². The molecule has 0 radical (unpaired) electrons. The Kier molecular flexibility index (Phi) is 4.94. The molecule has 1 aliphatic rings. The largest absolute Gasteiger partial charge is 0.497 e. The van der Waals surface area contributed by atoms with Gasteiger partial charge in [0.25, 0.3) is 0 Å². The standard InChI is InChI=1S/C18H18F2N2OS/c1-23-13-6-7-14-11(9-13)3-2-4-16(14)21-18(24)22-17-8-5-12(19)10-15(17)20/h5-10,16H,2-4H2,1H3,(H2,21,22,24). The molecule has 3 rings (SSSR count). The summed E-state index contributed by atoms with van der Waals surface area (Å²) in [7, 11) is 1.65. The Hall–Kier alpha value is -2.21. The lowest BCUT2D eigenvalue weighted by Gasteiger charge is -2.28. The van der Waals surface area contributed by atoms with Gasteiger partial charge in [-0.3, -0.25) is 0 Å². The molecule has 0 bridgehead atoms. The van der Waals surface area contributed by atoms with Crippen molar-refractivity contribution in [2.24, 2.45) is 0 Å². The van der Waals surface area contributed by atoms with Crippen molar-refractivity contribution in [3.05, 3.63) is 59.2 Å². The Morgan fingerprint density at radius 3 is 2.79 bits per heavy atom. The minimum Gasteiger partial charge on any atom is -0.497 e. The summed E-state index contributed by atoms with van der Waals surface area (Å²) in [6.45, 7) is 0. The van der Waals surface area contributed by atoms with Gasteiger partial charge in [0.2, 0.25) is 0 Å². The van der Waals surface area contributed by atoms with Gasteiger partial charge in [-0.15, -0.1) is 0 Å². The molecule has 0 spiro atoms. The van der Waals surface area contributed by atoms with Crippen molar-refractivity contribution in [1.82, 2.24) is 5.32 Å². The van der Waals surface area contributed by atoms with E-state index in [2.05, 4.69) is 10.6 Å². The maximum atomic E-state index is 13.7. The smallest absolute Gasteiger partial charge is 0.171 e. The average molecular weight is 348 g/mol. The number of benzene rings is 2. The van der Waals surface area contributed by atoms with Crippen molar-refractivity contribution in [3.8, 4) is 5.75 Å². The van der Waals surface area contributed by atoms with Crippen molar-refractivity contribution in [1.29, 1.82) is 0 Å². The summed E-state index contributed by atoms with van der Waals surface area (Å²) in [5, 5.41) is 6.33. The lowest BCUT2D eigenvalue weighted by Crippen LogP contribution is -2.34. The van der Waals surface area contributed by atoms with Crippen molar-refractivity contribution >= 4 is 23.0 Å². The minimum absolute atomic E-state index is 0.0585. The highest BCUT2D eigenvalue weighted by Gasteiger charge is 2.21. The van der Waals surface area contributed by atoms with Gasteiger partial charge < -0.3 is 15.4 Å². The molecule has 0 heterocycles. The molecule has 2 aromatic carbocycles. The number of nitrogens with one attached hydrogen (secondary N) is 2. The molecule has 0 amide bonds. The second-order valence-corrected chi connectivity index (χ2v) is 6.14. The van der Waals surface area contributed by atoms with Gasteiger partial charge in [0, 0.05) is 6.07 Å². The average Bonchev–Trinajstić information content (AvgIpc) is 2.57. The van der Waals surface area contributed by atoms with Crippen LogP contribution in [0.15, 0.2) is 36.4 Å². The van der Waals surface area contributed by atoms with Gasteiger partial charge >= 0.3 is 0 Å². The molecule has 2 aromatic rings. The summed E-state index contributed by atoms with van der Waals surface area (Å²) < 4.78 is 31.9. The zero-order chi connectivity index (χ0) is 17.1. The van der Waals surface area contributed by atoms with Crippen LogP contribution in [0.25, 0.3) is 0 Å². The Morgan fingerprint density at radius 1 is 1.21 bits per heavy atom. The molecule has 1 unspecified atom stereocenters. The summed E-state index contributed by atoms with van der Waals surface area (Å²) in [6, 6.07) is 9.41. The minimum atomic E-state index is -0.673. The van der Waals surface area contributed by atoms with Crippen molar-refractivity contribution in [2.45, 2.75) is 25.3 Å². The highest BCUT2D eigenvalue weighted by molar-refractivity contribution is 7.80. The van der Waals surface area contributed by atoms with Crippen LogP contribution in [0.5, 0.6) is 5.75 Å². The molecule has 1 aliphatic carbocycles. The second-order valence-electron chi connectivity index (χ2n) is 5.73. The molecular weight excluding hydrogens is 330 g/mol. The first kappa shape index (κ1) is 16.6. The predicted molar refractivity (Wildman–Crippen MR) is 94.4 cm³/mol. The second kappa shape index (κ2) is 7.13. The van der Waals surface area contributed by atoms with E-state index in [1.165, 1.54) is 23.3 Å². The van der Waals surface area contributed by atoms with E-state index in [1.54, 1.807) is 7.11 Å². The fourth-order valence-corrected chi connectivity index (χ4v) is 3.23. The zero-order valence-electron chi connectivity index (χ0n) is 13.2. The summed E-state index contributed by atoms with van der Waals surface area (Å²) in [5.74, 6) is -0.455. The maximum absolute atomic E-state index is 13.7. The first-order chi connectivity index (χ1) is 11.6. The normalized spacial score (nSPS) is 16.2. The number of hydrogen-bond donors (Lipinski definition) is 2. The van der Waals surface area contributed by atoms with E-state index in [0.717, 1.165) is 31.1 Å². The predicted octanol–water partition coefficient (Wildman–Crippen LogP) is 4.34. The van der Waals surface area contributed by atoms with Gasteiger partial charge in [-0.2, -0.15) is 0 Å². The van der Waals surface area contributed by atoms with Crippen LogP contribution in [0, 0.1) is 11.6 Å². The number of fused-ring (bicyclic) bond motifs is 1. The monoisotopic (exact) mass is 348 g/mol. The van der Waals surface area contributed by atoms with Crippen LogP contribution in [0.2, 0.25) is 0 Å². The summed E-state index contributed by atoms with van der Waals surface area (Å²) >= 11 is 5.28. The number of ether oxygens (including phenoxy) is 1. The lowest BCUT2D eigenvalue weighted by molar-refractivity contribution is 0.412. The third-order valence-electron chi connectivity index (χ3n) is 4.15. The molecule has 0 saturated heterocycles. The summed E-state index contributed by atoms with van der Waals surface area (Å²) in [6.07, 6.45) is 2.97. The van der Waals surface area contributed by atoms with E-state index in [9.17, 15) is 8.78 Å². The summed E-state index contributed by atoms with van der Waals surface area (Å²) in [4.78, 5) is 0. The molecule has 1 atom stereocenters. The van der Waals surface area contributed by atoms with E-state index in [-0.39, 0.29) is 11.7 Å². The number of thiocarbonyl (C=S) groups is 1. The molecule has 2 N–H and O–H groups in total. The highest BCUT2D eigenvalue weighted by Crippen LogP contribution is 2.32. The molecular formula is C18H18F2N2OS. The molecule has 0 saturated carbocycles. The number of anilines is 1. The first-order valence-corrected chi connectivity index (χ1v) is 8.17. The fourth-order valence-electron chi connectivity index (χ4n) is 2.98. The molecule has 0 aliphatic heterocycles. The maximum Gasteiger partial charge on any atom is 0.171 e. The third-order valence-corrected chi connectivity index (χ3v) is 4.37. The summed E-state index contributed by atoms with van der Waals surface area (Å²) in [5.41, 5.74) is 2.55. The van der Waals surface area contributed by atoms with Gasteiger partial charge in [-0.25, -0.2) is 8.78 Å². The topological polar surface area (TPSA) is 33.3 Å². The van der Waals surface area contributed by atoms with Gasteiger partial charge in [0.1, 0.15) is 17.4 Å². The molecule has 126 valence electrons. The van der Waals surface area contributed by atoms with E-state index in [1.807, 2.05) is 18.2 Å². The lowest BCUT2D eigenvalue weighted by atomic mass is 9.87. The molecule has 24 heavy (non-hydrogen) atoms. The van der Waals surface area contributed by atoms with E-state index in [0.29, 0.717) is 5.11 Å². The van der Waals surface area contributed by atoms with Gasteiger partial charge in [-0.1, -0.05) is 6.07 Å². The SMILES string of the molecule is COc1ccc2c(c1)CCCC2NC(=S)Nc1ccc(F)cc1F. The van der Waals surface area contributed by atoms with Crippen LogP contribution in [-0.2, 0) is 6.42 Å². The van der Waals surface area contributed by atoms with Crippen molar-refractivity contribution in [2.75, 3.05) is 12.4 Å². The van der Waals surface area contributed by atoms with Gasteiger partial charge in [-0.05, 0) is 66.9 Å². The number of methoxy groups -OCH3 is 1. The van der Waals surface area contributed by atoms with Crippen LogP contribution in [-0.4, -0.2) is 12.2 Å². The fraction of sp³-hybridized carbons (Fsp3) is 0.278. The third kappa shape index (κ3) is 3.64. The van der Waals surface area contributed by atoms with Crippen molar-refractivity contribution in [3.63, 3.8) is 0 Å². The van der Waals surface area contributed by atoms with E-state index in [4.69, 9.17) is 17.0 Å². The zero-order valence-corrected chi connectivity index (χ0v) is 14.1. The number of halogens is 2. The van der Waals surface area contributed by atoms with Crippen LogP contribution < -0.4 is 15.4 Å².